The lowest BCUT2D eigenvalue weighted by Gasteiger charge is -1.99. The average Bonchev–Trinajstić information content (AvgIpc) is 1.88. The molecule has 0 aliphatic heterocycles. The van der Waals surface area contributed by atoms with Crippen molar-refractivity contribution in [1.29, 1.82) is 0 Å². The van der Waals surface area contributed by atoms with Crippen molar-refractivity contribution < 1.29 is 4.39 Å². The molecule has 0 aromatic carbocycles. The van der Waals surface area contributed by atoms with Crippen LogP contribution in [0.3, 0.4) is 0 Å². The summed E-state index contributed by atoms with van der Waals surface area (Å²) < 4.78 is 12.6. The van der Waals surface area contributed by atoms with Gasteiger partial charge in [0, 0.05) is 18.3 Å². The van der Waals surface area contributed by atoms with Crippen LogP contribution in [-0.2, 0) is 6.54 Å². The van der Waals surface area contributed by atoms with E-state index in [0.29, 0.717) is 5.56 Å². The maximum absolute atomic E-state index is 12.6. The quantitative estimate of drug-likeness (QED) is 0.807. The molecule has 1 rings (SSSR count). The molecule has 0 aliphatic carbocycles. The van der Waals surface area contributed by atoms with Gasteiger partial charge in [-0.05, 0) is 0 Å². The monoisotopic (exact) mass is 232 g/mol. The standard InChI is InChI=1S/C6H6ClFN2.2ClH/c7-5-2-10-3-6(8)4(5)1-9;;/h2-3H,1,9H2;2*1H. The lowest BCUT2D eigenvalue weighted by molar-refractivity contribution is 0.604. The van der Waals surface area contributed by atoms with E-state index in [2.05, 4.69) is 4.98 Å². The zero-order valence-corrected chi connectivity index (χ0v) is 8.35. The molecule has 12 heavy (non-hydrogen) atoms. The highest BCUT2D eigenvalue weighted by molar-refractivity contribution is 6.31. The Bertz CT molecular complexity index is 224. The molecule has 2 N–H and O–H groups in total. The zero-order chi connectivity index (χ0) is 7.56. The summed E-state index contributed by atoms with van der Waals surface area (Å²) in [6.45, 7) is 0.104. The number of nitrogens with zero attached hydrogens (tertiary/aromatic N) is 1. The van der Waals surface area contributed by atoms with E-state index in [1.807, 2.05) is 0 Å². The summed E-state index contributed by atoms with van der Waals surface area (Å²) in [5.41, 5.74) is 5.52. The van der Waals surface area contributed by atoms with Crippen LogP contribution in [0.25, 0.3) is 0 Å². The van der Waals surface area contributed by atoms with Gasteiger partial charge in [0.2, 0.25) is 0 Å². The fourth-order valence-corrected chi connectivity index (χ4v) is 0.857. The summed E-state index contributed by atoms with van der Waals surface area (Å²) in [5, 5.41) is 0.280. The molecule has 70 valence electrons. The molecule has 0 unspecified atom stereocenters. The second-order valence-corrected chi connectivity index (χ2v) is 2.19. The molecule has 0 radical (unpaired) electrons. The van der Waals surface area contributed by atoms with E-state index >= 15 is 0 Å². The first kappa shape index (κ1) is 14.4. The van der Waals surface area contributed by atoms with E-state index in [1.165, 1.54) is 6.20 Å². The highest BCUT2D eigenvalue weighted by atomic mass is 35.5. The first-order valence-electron chi connectivity index (χ1n) is 2.73. The number of aromatic nitrogens is 1. The van der Waals surface area contributed by atoms with Crippen molar-refractivity contribution in [3.63, 3.8) is 0 Å². The first-order chi connectivity index (χ1) is 4.75. The minimum absolute atomic E-state index is 0. The summed E-state index contributed by atoms with van der Waals surface area (Å²) in [5.74, 6) is -0.449. The second kappa shape index (κ2) is 6.43. The third-order valence-corrected chi connectivity index (χ3v) is 1.48. The van der Waals surface area contributed by atoms with Crippen LogP contribution >= 0.6 is 36.4 Å². The lowest BCUT2D eigenvalue weighted by atomic mass is 10.2. The Morgan fingerprint density at radius 2 is 2.00 bits per heavy atom. The van der Waals surface area contributed by atoms with E-state index < -0.39 is 5.82 Å². The van der Waals surface area contributed by atoms with E-state index in [-0.39, 0.29) is 36.4 Å². The van der Waals surface area contributed by atoms with Gasteiger partial charge < -0.3 is 5.73 Å². The molecular formula is C6H8Cl3FN2. The second-order valence-electron chi connectivity index (χ2n) is 1.79. The summed E-state index contributed by atoms with van der Waals surface area (Å²) in [6.07, 6.45) is 2.46. The van der Waals surface area contributed by atoms with Crippen molar-refractivity contribution in [2.45, 2.75) is 6.54 Å². The number of hydrogen-bond acceptors (Lipinski definition) is 2. The fourth-order valence-electron chi connectivity index (χ4n) is 0.633. The van der Waals surface area contributed by atoms with Crippen molar-refractivity contribution in [2.75, 3.05) is 0 Å². The number of halogens is 4. The number of hydrogen-bond donors (Lipinski definition) is 1. The molecule has 0 spiro atoms. The third-order valence-electron chi connectivity index (χ3n) is 1.16. The number of nitrogens with two attached hydrogens (primary N) is 1. The van der Waals surface area contributed by atoms with Crippen LogP contribution in [0.2, 0.25) is 5.02 Å². The molecule has 0 bridgehead atoms. The molecule has 0 atom stereocenters. The van der Waals surface area contributed by atoms with Gasteiger partial charge in [0.1, 0.15) is 5.82 Å². The number of pyridine rings is 1. The SMILES string of the molecule is Cl.Cl.NCc1c(F)cncc1Cl. The van der Waals surface area contributed by atoms with Crippen molar-refractivity contribution in [1.82, 2.24) is 4.98 Å². The van der Waals surface area contributed by atoms with E-state index in [9.17, 15) is 4.39 Å². The molecule has 0 aliphatic rings. The Hall–Kier alpha value is -0.0900. The van der Waals surface area contributed by atoms with Crippen LogP contribution in [0.5, 0.6) is 0 Å². The molecule has 0 saturated carbocycles. The highest BCUT2D eigenvalue weighted by Gasteiger charge is 2.03. The molecule has 0 amide bonds. The van der Waals surface area contributed by atoms with Gasteiger partial charge in [-0.1, -0.05) is 11.6 Å². The van der Waals surface area contributed by atoms with Crippen molar-refractivity contribution in [3.8, 4) is 0 Å². The third kappa shape index (κ3) is 3.11. The Labute approximate surface area is 87.1 Å². The van der Waals surface area contributed by atoms with Crippen LogP contribution in [0.4, 0.5) is 4.39 Å². The molecule has 0 fully saturated rings. The maximum Gasteiger partial charge on any atom is 0.147 e. The minimum atomic E-state index is -0.449. The molecule has 1 aromatic rings. The molecular weight excluding hydrogens is 225 g/mol. The zero-order valence-electron chi connectivity index (χ0n) is 5.96. The smallest absolute Gasteiger partial charge is 0.147 e. The Balaban J connectivity index is 0. The van der Waals surface area contributed by atoms with Gasteiger partial charge in [0.15, 0.2) is 0 Å². The molecule has 6 heteroatoms. The van der Waals surface area contributed by atoms with Crippen LogP contribution in [0, 0.1) is 5.82 Å². The molecule has 0 saturated heterocycles. The van der Waals surface area contributed by atoms with Crippen molar-refractivity contribution in [3.05, 3.63) is 28.8 Å². The van der Waals surface area contributed by atoms with Gasteiger partial charge in [-0.3, -0.25) is 4.98 Å². The van der Waals surface area contributed by atoms with Gasteiger partial charge in [-0.2, -0.15) is 0 Å². The van der Waals surface area contributed by atoms with E-state index in [1.54, 1.807) is 0 Å². The van der Waals surface area contributed by atoms with Gasteiger partial charge in [-0.15, -0.1) is 24.8 Å². The Kier molecular flexibility index (Phi) is 7.73. The van der Waals surface area contributed by atoms with E-state index in [4.69, 9.17) is 17.3 Å². The maximum atomic E-state index is 12.6. The first-order valence-corrected chi connectivity index (χ1v) is 3.11. The van der Waals surface area contributed by atoms with Crippen LogP contribution < -0.4 is 5.73 Å². The van der Waals surface area contributed by atoms with Crippen LogP contribution in [0.15, 0.2) is 12.4 Å². The minimum Gasteiger partial charge on any atom is -0.326 e. The van der Waals surface area contributed by atoms with E-state index in [0.717, 1.165) is 6.20 Å². The number of rotatable bonds is 1. The van der Waals surface area contributed by atoms with Gasteiger partial charge in [-0.25, -0.2) is 4.39 Å². The summed E-state index contributed by atoms with van der Waals surface area (Å²) in [4.78, 5) is 3.53. The summed E-state index contributed by atoms with van der Waals surface area (Å²) in [6, 6.07) is 0. The molecule has 2 nitrogen and oxygen atoms in total. The Morgan fingerprint density at radius 3 is 2.33 bits per heavy atom. The largest absolute Gasteiger partial charge is 0.326 e. The average molecular weight is 234 g/mol. The van der Waals surface area contributed by atoms with Crippen LogP contribution in [-0.4, -0.2) is 4.98 Å². The van der Waals surface area contributed by atoms with Crippen molar-refractivity contribution in [2.24, 2.45) is 5.73 Å². The summed E-state index contributed by atoms with van der Waals surface area (Å²) >= 11 is 5.55. The predicted octanol–water partition coefficient (Wildman–Crippen LogP) is 2.18. The fraction of sp³-hybridized carbons (Fsp3) is 0.167. The van der Waals surface area contributed by atoms with Crippen LogP contribution in [0.1, 0.15) is 5.56 Å². The topological polar surface area (TPSA) is 38.9 Å². The summed E-state index contributed by atoms with van der Waals surface area (Å²) in [7, 11) is 0. The molecule has 1 heterocycles. The van der Waals surface area contributed by atoms with Crippen molar-refractivity contribution >= 4 is 36.4 Å². The van der Waals surface area contributed by atoms with Gasteiger partial charge >= 0.3 is 0 Å². The molecule has 1 aromatic heterocycles. The highest BCUT2D eigenvalue weighted by Crippen LogP contribution is 2.15. The van der Waals surface area contributed by atoms with Gasteiger partial charge in [0.05, 0.1) is 11.2 Å². The Morgan fingerprint density at radius 1 is 1.42 bits per heavy atom. The predicted molar refractivity (Wildman–Crippen MR) is 51.6 cm³/mol. The lowest BCUT2D eigenvalue weighted by Crippen LogP contribution is -2.00. The normalized spacial score (nSPS) is 8.25. The van der Waals surface area contributed by atoms with Gasteiger partial charge in [0.25, 0.3) is 0 Å².